The molecule has 1 atom stereocenters. The molecule has 0 amide bonds. The number of hydrogen-bond acceptors (Lipinski definition) is 2. The molecule has 0 aliphatic heterocycles. The van der Waals surface area contributed by atoms with E-state index in [4.69, 9.17) is 4.52 Å². The molecule has 0 heterocycles. The molecular formula is C14H27O2P. The molecule has 2 saturated carbocycles. The maximum Gasteiger partial charge on any atom is 0.194 e. The molecule has 2 fully saturated rings. The molecule has 2 rings (SSSR count). The summed E-state index contributed by atoms with van der Waals surface area (Å²) in [5.41, 5.74) is 0.394. The van der Waals surface area contributed by atoms with Gasteiger partial charge in [0.25, 0.3) is 0 Å². The van der Waals surface area contributed by atoms with Crippen LogP contribution in [0.3, 0.4) is 0 Å². The van der Waals surface area contributed by atoms with E-state index in [9.17, 15) is 4.57 Å². The fourth-order valence-corrected chi connectivity index (χ4v) is 4.77. The Morgan fingerprint density at radius 1 is 0.706 bits per heavy atom. The molecule has 0 aromatic carbocycles. The first-order valence-electron chi connectivity index (χ1n) is 7.57. The van der Waals surface area contributed by atoms with Gasteiger partial charge < -0.3 is 4.52 Å². The van der Waals surface area contributed by atoms with E-state index in [0.29, 0.717) is 11.8 Å². The van der Waals surface area contributed by atoms with Crippen molar-refractivity contribution in [3.63, 3.8) is 0 Å². The lowest BCUT2D eigenvalue weighted by molar-refractivity contribution is 0.192. The van der Waals surface area contributed by atoms with Crippen LogP contribution < -0.4 is 0 Å². The van der Waals surface area contributed by atoms with E-state index in [1.807, 2.05) is 0 Å². The highest BCUT2D eigenvalue weighted by molar-refractivity contribution is 7.40. The molecule has 0 aromatic heterocycles. The second-order valence-electron chi connectivity index (χ2n) is 5.74. The second kappa shape index (κ2) is 7.59. The first-order chi connectivity index (χ1) is 8.36. The zero-order valence-corrected chi connectivity index (χ0v) is 12.0. The molecule has 1 unspecified atom stereocenters. The van der Waals surface area contributed by atoms with Crippen molar-refractivity contribution < 1.29 is 9.09 Å². The predicted octanol–water partition coefficient (Wildman–Crippen LogP) is 4.92. The maximum absolute atomic E-state index is 12.3. The molecule has 0 aromatic rings. The second-order valence-corrected chi connectivity index (χ2v) is 7.43. The summed E-state index contributed by atoms with van der Waals surface area (Å²) in [6, 6.07) is 0. The third-order valence-electron chi connectivity index (χ3n) is 4.27. The molecule has 2 aliphatic carbocycles. The fraction of sp³-hybridized carbons (Fsp3) is 1.00. The minimum absolute atomic E-state index is 0.312. The molecule has 0 bridgehead atoms. The standard InChI is InChI=1S/C14H27O2P/c15-17(14-11-7-3-4-8-12-14)16-13-9-5-1-2-6-10-13/h13-14,17H,1-12H2. The third kappa shape index (κ3) is 4.75. The average molecular weight is 258 g/mol. The Hall–Kier alpha value is 0.190. The van der Waals surface area contributed by atoms with Crippen LogP contribution in [-0.4, -0.2) is 11.8 Å². The van der Waals surface area contributed by atoms with Gasteiger partial charge >= 0.3 is 0 Å². The Morgan fingerprint density at radius 2 is 1.18 bits per heavy atom. The van der Waals surface area contributed by atoms with Crippen LogP contribution in [0.15, 0.2) is 0 Å². The van der Waals surface area contributed by atoms with Gasteiger partial charge in [-0.3, -0.25) is 4.57 Å². The van der Waals surface area contributed by atoms with E-state index in [1.165, 1.54) is 51.4 Å². The minimum Gasteiger partial charge on any atom is -0.327 e. The molecule has 0 radical (unpaired) electrons. The summed E-state index contributed by atoms with van der Waals surface area (Å²) in [7, 11) is -1.78. The fourth-order valence-electron chi connectivity index (χ4n) is 3.14. The van der Waals surface area contributed by atoms with Crippen LogP contribution >= 0.6 is 8.03 Å². The molecule has 2 nitrogen and oxygen atoms in total. The third-order valence-corrected chi connectivity index (χ3v) is 6.08. The average Bonchev–Trinajstić information content (AvgIpc) is 2.72. The topological polar surface area (TPSA) is 26.3 Å². The van der Waals surface area contributed by atoms with Gasteiger partial charge in [0.15, 0.2) is 8.03 Å². The van der Waals surface area contributed by atoms with Crippen LogP contribution in [0.2, 0.25) is 0 Å². The van der Waals surface area contributed by atoms with E-state index < -0.39 is 8.03 Å². The molecular weight excluding hydrogens is 231 g/mol. The highest BCUT2D eigenvalue weighted by Crippen LogP contribution is 2.41. The van der Waals surface area contributed by atoms with E-state index in [-0.39, 0.29) is 0 Å². The zero-order chi connectivity index (χ0) is 11.9. The van der Waals surface area contributed by atoms with Gasteiger partial charge in [-0.1, -0.05) is 51.4 Å². The molecule has 3 heteroatoms. The van der Waals surface area contributed by atoms with Gasteiger partial charge in [0.05, 0.1) is 6.10 Å². The quantitative estimate of drug-likeness (QED) is 0.530. The van der Waals surface area contributed by atoms with Gasteiger partial charge in [-0.15, -0.1) is 0 Å². The van der Waals surface area contributed by atoms with Crippen molar-refractivity contribution in [1.29, 1.82) is 0 Å². The van der Waals surface area contributed by atoms with Crippen molar-refractivity contribution in [2.45, 2.75) is 88.8 Å². The van der Waals surface area contributed by atoms with Gasteiger partial charge in [0.2, 0.25) is 0 Å². The molecule has 0 N–H and O–H groups in total. The lowest BCUT2D eigenvalue weighted by atomic mass is 10.2. The summed E-state index contributed by atoms with van der Waals surface area (Å²) >= 11 is 0. The van der Waals surface area contributed by atoms with Crippen molar-refractivity contribution in [3.8, 4) is 0 Å². The largest absolute Gasteiger partial charge is 0.327 e. The van der Waals surface area contributed by atoms with E-state index in [1.54, 1.807) is 0 Å². The van der Waals surface area contributed by atoms with E-state index in [2.05, 4.69) is 0 Å². The summed E-state index contributed by atoms with van der Waals surface area (Å²) < 4.78 is 18.2. The monoisotopic (exact) mass is 258 g/mol. The molecule has 17 heavy (non-hydrogen) atoms. The number of hydrogen-bond donors (Lipinski definition) is 0. The Balaban J connectivity index is 1.77. The molecule has 2 aliphatic rings. The summed E-state index contributed by atoms with van der Waals surface area (Å²) in [6.07, 6.45) is 15.3. The van der Waals surface area contributed by atoms with Gasteiger partial charge in [0.1, 0.15) is 0 Å². The predicted molar refractivity (Wildman–Crippen MR) is 73.1 cm³/mol. The Kier molecular flexibility index (Phi) is 6.08. The van der Waals surface area contributed by atoms with E-state index >= 15 is 0 Å². The zero-order valence-electron chi connectivity index (χ0n) is 11.0. The van der Waals surface area contributed by atoms with Gasteiger partial charge in [-0.05, 0) is 25.7 Å². The number of rotatable bonds is 3. The van der Waals surface area contributed by atoms with Crippen LogP contribution in [0.1, 0.15) is 77.0 Å². The van der Waals surface area contributed by atoms with Gasteiger partial charge in [0, 0.05) is 5.66 Å². The Bertz CT molecular complexity index is 226. The maximum atomic E-state index is 12.3. The van der Waals surface area contributed by atoms with E-state index in [0.717, 1.165) is 25.7 Å². The molecule has 0 spiro atoms. The lowest BCUT2D eigenvalue weighted by Crippen LogP contribution is -2.11. The highest BCUT2D eigenvalue weighted by atomic mass is 31.1. The van der Waals surface area contributed by atoms with Gasteiger partial charge in [-0.25, -0.2) is 0 Å². The SMILES string of the molecule is O=[PH](OC1CCCCCC1)C1CCCCCC1. The van der Waals surface area contributed by atoms with Crippen LogP contribution in [0, 0.1) is 0 Å². The van der Waals surface area contributed by atoms with Gasteiger partial charge in [-0.2, -0.15) is 0 Å². The van der Waals surface area contributed by atoms with Crippen molar-refractivity contribution in [1.82, 2.24) is 0 Å². The van der Waals surface area contributed by atoms with Crippen molar-refractivity contribution >= 4 is 8.03 Å². The normalized spacial score (nSPS) is 27.3. The van der Waals surface area contributed by atoms with Crippen LogP contribution in [-0.2, 0) is 9.09 Å². The first-order valence-corrected chi connectivity index (χ1v) is 8.96. The van der Waals surface area contributed by atoms with Crippen LogP contribution in [0.4, 0.5) is 0 Å². The Morgan fingerprint density at radius 3 is 1.71 bits per heavy atom. The van der Waals surface area contributed by atoms with Crippen molar-refractivity contribution in [3.05, 3.63) is 0 Å². The lowest BCUT2D eigenvalue weighted by Gasteiger charge is -2.20. The summed E-state index contributed by atoms with van der Waals surface area (Å²) in [6.45, 7) is 0. The first kappa shape index (κ1) is 13.6. The smallest absolute Gasteiger partial charge is 0.194 e. The highest BCUT2D eigenvalue weighted by Gasteiger charge is 2.22. The Labute approximate surface area is 106 Å². The molecule has 0 saturated heterocycles. The summed E-state index contributed by atoms with van der Waals surface area (Å²) in [4.78, 5) is 0. The van der Waals surface area contributed by atoms with Crippen LogP contribution in [0.5, 0.6) is 0 Å². The summed E-state index contributed by atoms with van der Waals surface area (Å²) in [5, 5.41) is 0. The molecule has 100 valence electrons. The van der Waals surface area contributed by atoms with Crippen molar-refractivity contribution in [2.75, 3.05) is 0 Å². The van der Waals surface area contributed by atoms with Crippen molar-refractivity contribution in [2.24, 2.45) is 0 Å². The minimum atomic E-state index is -1.78. The van der Waals surface area contributed by atoms with Crippen LogP contribution in [0.25, 0.3) is 0 Å². The summed E-state index contributed by atoms with van der Waals surface area (Å²) in [5.74, 6) is 0.